The lowest BCUT2D eigenvalue weighted by Crippen LogP contribution is -2.24. The molecular formula is C27H25ClN2O5. The molecule has 4 aromatic rings. The largest absolute Gasteiger partial charge is 0.497 e. The van der Waals surface area contributed by atoms with Crippen molar-refractivity contribution in [3.8, 4) is 11.5 Å². The highest BCUT2D eigenvalue weighted by Crippen LogP contribution is 2.31. The zero-order valence-corrected chi connectivity index (χ0v) is 20.6. The first kappa shape index (κ1) is 24.3. The van der Waals surface area contributed by atoms with E-state index >= 15 is 0 Å². The maximum Gasteiger partial charge on any atom is 0.346 e. The third kappa shape index (κ3) is 4.86. The van der Waals surface area contributed by atoms with Crippen LogP contribution in [0.3, 0.4) is 0 Å². The van der Waals surface area contributed by atoms with E-state index < -0.39 is 12.1 Å². The highest BCUT2D eigenvalue weighted by atomic mass is 35.5. The lowest BCUT2D eigenvalue weighted by Gasteiger charge is -2.15. The predicted octanol–water partition coefficient (Wildman–Crippen LogP) is 5.23. The second kappa shape index (κ2) is 10.2. The molecule has 1 unspecified atom stereocenters. The number of nitrogens with zero attached hydrogens (tertiary/aromatic N) is 2. The number of carbonyl (C=O) groups excluding carboxylic acids is 2. The SMILES string of the molecule is COC(=O)C(C)Oc1ccc(Cl)c(Cn2c(C)c(C(=O)c3ccc(OC)cc3)c3cnccc32)c1. The van der Waals surface area contributed by atoms with E-state index in [1.807, 2.05) is 17.6 Å². The molecule has 0 amide bonds. The number of ketones is 1. The molecule has 0 saturated carbocycles. The van der Waals surface area contributed by atoms with E-state index in [0.29, 0.717) is 34.2 Å². The van der Waals surface area contributed by atoms with E-state index in [4.69, 9.17) is 25.8 Å². The van der Waals surface area contributed by atoms with Crippen molar-refractivity contribution in [1.29, 1.82) is 0 Å². The van der Waals surface area contributed by atoms with Crippen molar-refractivity contribution in [3.05, 3.63) is 88.3 Å². The first-order valence-corrected chi connectivity index (χ1v) is 11.4. The zero-order chi connectivity index (χ0) is 25.1. The van der Waals surface area contributed by atoms with Crippen LogP contribution in [0.2, 0.25) is 5.02 Å². The Morgan fingerprint density at radius 2 is 1.77 bits per heavy atom. The van der Waals surface area contributed by atoms with Crippen LogP contribution in [0, 0.1) is 6.92 Å². The summed E-state index contributed by atoms with van der Waals surface area (Å²) in [6, 6.07) is 14.1. The maximum absolute atomic E-state index is 13.5. The van der Waals surface area contributed by atoms with Gasteiger partial charge in [-0.05, 0) is 67.9 Å². The number of rotatable bonds is 8. The molecule has 180 valence electrons. The Hall–Kier alpha value is -3.84. The van der Waals surface area contributed by atoms with Crippen molar-refractivity contribution in [3.63, 3.8) is 0 Å². The van der Waals surface area contributed by atoms with Gasteiger partial charge in [0.25, 0.3) is 0 Å². The summed E-state index contributed by atoms with van der Waals surface area (Å²) in [7, 11) is 2.90. The van der Waals surface area contributed by atoms with Crippen LogP contribution in [0.1, 0.15) is 34.1 Å². The van der Waals surface area contributed by atoms with Crippen LogP contribution in [-0.2, 0) is 16.1 Å². The zero-order valence-electron chi connectivity index (χ0n) is 19.9. The second-order valence-electron chi connectivity index (χ2n) is 8.03. The summed E-state index contributed by atoms with van der Waals surface area (Å²) in [5.74, 6) is 0.605. The van der Waals surface area contributed by atoms with Gasteiger partial charge < -0.3 is 18.8 Å². The van der Waals surface area contributed by atoms with Gasteiger partial charge in [0.1, 0.15) is 11.5 Å². The van der Waals surface area contributed by atoms with E-state index in [1.165, 1.54) is 7.11 Å². The average Bonchev–Trinajstić information content (AvgIpc) is 3.16. The minimum absolute atomic E-state index is 0.100. The second-order valence-corrected chi connectivity index (χ2v) is 8.44. The van der Waals surface area contributed by atoms with E-state index in [0.717, 1.165) is 22.2 Å². The van der Waals surface area contributed by atoms with Gasteiger partial charge in [0, 0.05) is 40.6 Å². The maximum atomic E-state index is 13.5. The van der Waals surface area contributed by atoms with E-state index in [9.17, 15) is 9.59 Å². The molecule has 35 heavy (non-hydrogen) atoms. The monoisotopic (exact) mass is 492 g/mol. The summed E-state index contributed by atoms with van der Waals surface area (Å²) in [5, 5.41) is 1.30. The number of pyridine rings is 1. The highest BCUT2D eigenvalue weighted by Gasteiger charge is 2.22. The quantitative estimate of drug-likeness (QED) is 0.247. The summed E-state index contributed by atoms with van der Waals surface area (Å²) in [4.78, 5) is 29.5. The van der Waals surface area contributed by atoms with Gasteiger partial charge in [-0.25, -0.2) is 4.79 Å². The summed E-state index contributed by atoms with van der Waals surface area (Å²) in [6.07, 6.45) is 2.64. The van der Waals surface area contributed by atoms with E-state index in [1.54, 1.807) is 68.9 Å². The molecule has 0 spiro atoms. The van der Waals surface area contributed by atoms with Crippen LogP contribution in [0.15, 0.2) is 60.9 Å². The molecule has 2 aromatic heterocycles. The topological polar surface area (TPSA) is 79.7 Å². The van der Waals surface area contributed by atoms with Crippen molar-refractivity contribution in [1.82, 2.24) is 9.55 Å². The van der Waals surface area contributed by atoms with Crippen LogP contribution in [0.5, 0.6) is 11.5 Å². The number of aromatic nitrogens is 2. The van der Waals surface area contributed by atoms with Crippen molar-refractivity contribution >= 4 is 34.3 Å². The molecule has 0 saturated heterocycles. The lowest BCUT2D eigenvalue weighted by molar-refractivity contribution is -0.147. The molecule has 0 aliphatic heterocycles. The van der Waals surface area contributed by atoms with Crippen LogP contribution in [-0.4, -0.2) is 41.6 Å². The molecule has 8 heteroatoms. The standard InChI is InChI=1S/C27H25ClN2O5/c1-16-25(26(31)18-5-7-20(33-3)8-6-18)22-14-29-12-11-24(22)30(16)15-19-13-21(9-10-23(19)28)35-17(2)27(32)34-4/h5-14,17H,15H2,1-4H3. The Labute approximate surface area is 208 Å². The first-order valence-electron chi connectivity index (χ1n) is 11.0. The number of carbonyl (C=O) groups is 2. The van der Waals surface area contributed by atoms with Crippen LogP contribution in [0.25, 0.3) is 10.9 Å². The van der Waals surface area contributed by atoms with Crippen molar-refractivity contribution in [2.75, 3.05) is 14.2 Å². The molecule has 0 radical (unpaired) electrons. The van der Waals surface area contributed by atoms with Crippen LogP contribution >= 0.6 is 11.6 Å². The number of ether oxygens (including phenoxy) is 3. The molecule has 0 fully saturated rings. The fraction of sp³-hybridized carbons (Fsp3) is 0.222. The molecule has 7 nitrogen and oxygen atoms in total. The van der Waals surface area contributed by atoms with Gasteiger partial charge in [-0.1, -0.05) is 11.6 Å². The third-order valence-electron chi connectivity index (χ3n) is 5.90. The summed E-state index contributed by atoms with van der Waals surface area (Å²) in [5.41, 5.74) is 3.57. The molecule has 0 N–H and O–H groups in total. The summed E-state index contributed by atoms with van der Waals surface area (Å²) in [6.45, 7) is 3.92. The van der Waals surface area contributed by atoms with Gasteiger partial charge in [0.2, 0.25) is 0 Å². The van der Waals surface area contributed by atoms with Crippen LogP contribution in [0.4, 0.5) is 0 Å². The molecule has 4 rings (SSSR count). The number of hydrogen-bond donors (Lipinski definition) is 0. The number of methoxy groups -OCH3 is 2. The number of halogens is 1. The highest BCUT2D eigenvalue weighted by molar-refractivity contribution is 6.31. The van der Waals surface area contributed by atoms with Gasteiger partial charge in [0.15, 0.2) is 11.9 Å². The number of fused-ring (bicyclic) bond motifs is 1. The molecule has 0 aliphatic carbocycles. The number of esters is 1. The normalized spacial score (nSPS) is 11.8. The minimum atomic E-state index is -0.761. The molecule has 0 bridgehead atoms. The smallest absolute Gasteiger partial charge is 0.346 e. The Morgan fingerprint density at radius 3 is 2.46 bits per heavy atom. The molecule has 0 aliphatic rings. The lowest BCUT2D eigenvalue weighted by atomic mass is 10.0. The van der Waals surface area contributed by atoms with Gasteiger partial charge in [-0.3, -0.25) is 9.78 Å². The molecule has 2 heterocycles. The Bertz CT molecular complexity index is 1390. The summed E-state index contributed by atoms with van der Waals surface area (Å²) < 4.78 is 17.7. The first-order chi connectivity index (χ1) is 16.8. The van der Waals surface area contributed by atoms with E-state index in [-0.39, 0.29) is 5.78 Å². The number of benzene rings is 2. The Balaban J connectivity index is 1.73. The third-order valence-corrected chi connectivity index (χ3v) is 6.26. The van der Waals surface area contributed by atoms with Crippen molar-refractivity contribution < 1.29 is 23.8 Å². The van der Waals surface area contributed by atoms with Crippen molar-refractivity contribution in [2.24, 2.45) is 0 Å². The van der Waals surface area contributed by atoms with Gasteiger partial charge in [-0.15, -0.1) is 0 Å². The fourth-order valence-corrected chi connectivity index (χ4v) is 4.21. The molecular weight excluding hydrogens is 468 g/mol. The number of hydrogen-bond acceptors (Lipinski definition) is 6. The van der Waals surface area contributed by atoms with Gasteiger partial charge in [0.05, 0.1) is 25.3 Å². The predicted molar refractivity (Wildman–Crippen MR) is 134 cm³/mol. The van der Waals surface area contributed by atoms with Crippen molar-refractivity contribution in [2.45, 2.75) is 26.5 Å². The molecule has 2 aromatic carbocycles. The Morgan fingerprint density at radius 1 is 1.06 bits per heavy atom. The Kier molecular flexibility index (Phi) is 7.07. The van der Waals surface area contributed by atoms with E-state index in [2.05, 4.69) is 4.98 Å². The fourth-order valence-electron chi connectivity index (χ4n) is 4.04. The molecule has 1 atom stereocenters. The van der Waals surface area contributed by atoms with Gasteiger partial charge >= 0.3 is 5.97 Å². The average molecular weight is 493 g/mol. The van der Waals surface area contributed by atoms with Crippen LogP contribution < -0.4 is 9.47 Å². The van der Waals surface area contributed by atoms with Gasteiger partial charge in [-0.2, -0.15) is 0 Å². The summed E-state index contributed by atoms with van der Waals surface area (Å²) >= 11 is 6.52. The minimum Gasteiger partial charge on any atom is -0.497 e.